The van der Waals surface area contributed by atoms with Gasteiger partial charge in [0.15, 0.2) is 0 Å². The zero-order chi connectivity index (χ0) is 11.8. The Morgan fingerprint density at radius 2 is 2.44 bits per heavy atom. The Kier molecular flexibility index (Phi) is 5.58. The summed E-state index contributed by atoms with van der Waals surface area (Å²) in [6.07, 6.45) is 0.418. The number of amides is 1. The monoisotopic (exact) mass is 244 g/mol. The van der Waals surface area contributed by atoms with Gasteiger partial charge in [0.1, 0.15) is 10.8 Å². The molecule has 6 nitrogen and oxygen atoms in total. The fraction of sp³-hybridized carbons (Fsp3) is 0.556. The van der Waals surface area contributed by atoms with Crippen molar-refractivity contribution in [2.75, 3.05) is 37.9 Å². The van der Waals surface area contributed by atoms with Gasteiger partial charge in [0.05, 0.1) is 6.61 Å². The molecule has 0 unspecified atom stereocenters. The van der Waals surface area contributed by atoms with E-state index in [1.165, 1.54) is 11.5 Å². The molecule has 0 aliphatic heterocycles. The zero-order valence-corrected chi connectivity index (χ0v) is 9.97. The van der Waals surface area contributed by atoms with E-state index in [4.69, 9.17) is 10.5 Å². The number of hydrogen-bond donors (Lipinski definition) is 3. The van der Waals surface area contributed by atoms with E-state index in [0.717, 1.165) is 5.00 Å². The van der Waals surface area contributed by atoms with Crippen LogP contribution in [0, 0.1) is 0 Å². The van der Waals surface area contributed by atoms with Gasteiger partial charge in [-0.1, -0.05) is 0 Å². The molecule has 0 saturated carbocycles. The fourth-order valence-electron chi connectivity index (χ4n) is 1.05. The van der Waals surface area contributed by atoms with Crippen molar-refractivity contribution in [3.8, 4) is 0 Å². The summed E-state index contributed by atoms with van der Waals surface area (Å²) >= 11 is 1.28. The van der Waals surface area contributed by atoms with Crippen LogP contribution >= 0.6 is 11.5 Å². The molecule has 90 valence electrons. The zero-order valence-electron chi connectivity index (χ0n) is 9.16. The second-order valence-electron chi connectivity index (χ2n) is 3.14. The second kappa shape index (κ2) is 7.02. The number of methoxy groups -OCH3 is 1. The molecular formula is C9H16N4O2S. The van der Waals surface area contributed by atoms with Gasteiger partial charge in [-0.3, -0.25) is 4.79 Å². The van der Waals surface area contributed by atoms with Crippen molar-refractivity contribution in [3.05, 3.63) is 6.07 Å². The van der Waals surface area contributed by atoms with Gasteiger partial charge >= 0.3 is 0 Å². The predicted molar refractivity (Wildman–Crippen MR) is 64.5 cm³/mol. The van der Waals surface area contributed by atoms with E-state index in [1.54, 1.807) is 13.2 Å². The van der Waals surface area contributed by atoms with Gasteiger partial charge in [0, 0.05) is 32.7 Å². The van der Waals surface area contributed by atoms with Crippen LogP contribution in [0.3, 0.4) is 0 Å². The number of hydrogen-bond acceptors (Lipinski definition) is 6. The lowest BCUT2D eigenvalue weighted by atomic mass is 10.4. The van der Waals surface area contributed by atoms with Crippen molar-refractivity contribution in [1.82, 2.24) is 9.69 Å². The standard InChI is InChI=1S/C9H16N4O2S/c1-15-5-4-11-8(14)2-3-12-9-6-7(10)13-16-9/h6,12H,2-5H2,1H3,(H2,10,13)(H,11,14). The van der Waals surface area contributed by atoms with Crippen LogP contribution in [-0.4, -0.2) is 37.1 Å². The lowest BCUT2D eigenvalue weighted by molar-refractivity contribution is -0.121. The lowest BCUT2D eigenvalue weighted by Gasteiger charge is -2.04. The molecular weight excluding hydrogens is 228 g/mol. The number of nitrogen functional groups attached to an aromatic ring is 1. The van der Waals surface area contributed by atoms with Crippen molar-refractivity contribution in [2.45, 2.75) is 6.42 Å². The Hall–Kier alpha value is -1.34. The summed E-state index contributed by atoms with van der Waals surface area (Å²) in [7, 11) is 1.60. The first-order valence-corrected chi connectivity index (χ1v) is 5.71. The summed E-state index contributed by atoms with van der Waals surface area (Å²) in [6, 6.07) is 1.74. The molecule has 1 aromatic rings. The molecule has 7 heteroatoms. The Bertz CT molecular complexity index is 329. The molecule has 1 amide bonds. The Morgan fingerprint density at radius 1 is 1.62 bits per heavy atom. The number of carbonyl (C=O) groups excluding carboxylic acids is 1. The number of rotatable bonds is 7. The van der Waals surface area contributed by atoms with Crippen LogP contribution in [0.15, 0.2) is 6.07 Å². The maximum atomic E-state index is 11.3. The Labute approximate surface area is 98.3 Å². The normalized spacial score (nSPS) is 10.1. The summed E-state index contributed by atoms with van der Waals surface area (Å²) in [4.78, 5) is 11.3. The van der Waals surface area contributed by atoms with E-state index in [9.17, 15) is 4.79 Å². The molecule has 0 aliphatic rings. The topological polar surface area (TPSA) is 89.3 Å². The van der Waals surface area contributed by atoms with Gasteiger partial charge in [-0.15, -0.1) is 0 Å². The second-order valence-corrected chi connectivity index (χ2v) is 3.94. The largest absolute Gasteiger partial charge is 0.383 e. The molecule has 0 aromatic carbocycles. The number of nitrogens with zero attached hydrogens (tertiary/aromatic N) is 1. The van der Waals surface area contributed by atoms with Gasteiger partial charge in [0.2, 0.25) is 5.91 Å². The first-order chi connectivity index (χ1) is 7.72. The SMILES string of the molecule is COCCNC(=O)CCNc1cc(N)ns1. The number of aromatic nitrogens is 1. The molecule has 0 fully saturated rings. The molecule has 0 spiro atoms. The van der Waals surface area contributed by atoms with Crippen molar-refractivity contribution < 1.29 is 9.53 Å². The predicted octanol–water partition coefficient (Wildman–Crippen LogP) is 0.290. The number of nitrogens with one attached hydrogen (secondary N) is 2. The summed E-state index contributed by atoms with van der Waals surface area (Å²) in [5, 5.41) is 6.68. The number of carbonyl (C=O) groups is 1. The van der Waals surface area contributed by atoms with Crippen molar-refractivity contribution >= 4 is 28.3 Å². The van der Waals surface area contributed by atoms with Crippen molar-refractivity contribution in [2.24, 2.45) is 0 Å². The lowest BCUT2D eigenvalue weighted by Crippen LogP contribution is -2.28. The highest BCUT2D eigenvalue weighted by molar-refractivity contribution is 7.10. The Balaban J connectivity index is 2.08. The first kappa shape index (κ1) is 12.7. The third kappa shape index (κ3) is 4.94. The van der Waals surface area contributed by atoms with Gasteiger partial charge in [-0.05, 0) is 11.5 Å². The van der Waals surface area contributed by atoms with Gasteiger partial charge < -0.3 is 21.1 Å². The highest BCUT2D eigenvalue weighted by Gasteiger charge is 2.01. The molecule has 0 aliphatic carbocycles. The van der Waals surface area contributed by atoms with Gasteiger partial charge in [0.25, 0.3) is 0 Å². The number of anilines is 2. The molecule has 0 radical (unpaired) electrons. The minimum atomic E-state index is 0.00189. The third-order valence-corrected chi connectivity index (χ3v) is 2.57. The number of ether oxygens (including phenoxy) is 1. The molecule has 1 aromatic heterocycles. The van der Waals surface area contributed by atoms with E-state index in [-0.39, 0.29) is 5.91 Å². The van der Waals surface area contributed by atoms with Crippen LogP contribution in [0.25, 0.3) is 0 Å². The van der Waals surface area contributed by atoms with Crippen LogP contribution in [0.1, 0.15) is 6.42 Å². The van der Waals surface area contributed by atoms with Crippen LogP contribution < -0.4 is 16.4 Å². The van der Waals surface area contributed by atoms with Crippen LogP contribution in [0.2, 0.25) is 0 Å². The highest BCUT2D eigenvalue weighted by atomic mass is 32.1. The molecule has 4 N–H and O–H groups in total. The minimum absolute atomic E-state index is 0.00189. The van der Waals surface area contributed by atoms with Crippen LogP contribution in [0.4, 0.5) is 10.8 Å². The molecule has 1 rings (SSSR count). The molecule has 16 heavy (non-hydrogen) atoms. The summed E-state index contributed by atoms with van der Waals surface area (Å²) in [5.74, 6) is 0.499. The summed E-state index contributed by atoms with van der Waals surface area (Å²) < 4.78 is 8.73. The highest BCUT2D eigenvalue weighted by Crippen LogP contribution is 2.16. The fourth-order valence-corrected chi connectivity index (χ4v) is 1.65. The quantitative estimate of drug-likeness (QED) is 0.600. The van der Waals surface area contributed by atoms with Crippen molar-refractivity contribution in [3.63, 3.8) is 0 Å². The van der Waals surface area contributed by atoms with Crippen molar-refractivity contribution in [1.29, 1.82) is 0 Å². The van der Waals surface area contributed by atoms with E-state index in [1.807, 2.05) is 0 Å². The average Bonchev–Trinajstić information content (AvgIpc) is 2.65. The average molecular weight is 244 g/mol. The maximum absolute atomic E-state index is 11.3. The molecule has 0 atom stereocenters. The summed E-state index contributed by atoms with van der Waals surface area (Å²) in [5.41, 5.74) is 5.46. The third-order valence-electron chi connectivity index (χ3n) is 1.81. The van der Waals surface area contributed by atoms with Crippen LogP contribution in [0.5, 0.6) is 0 Å². The summed E-state index contributed by atoms with van der Waals surface area (Å²) in [6.45, 7) is 1.65. The molecule has 0 bridgehead atoms. The van der Waals surface area contributed by atoms with E-state index in [0.29, 0.717) is 31.9 Å². The van der Waals surface area contributed by atoms with Gasteiger partial charge in [-0.25, -0.2) is 0 Å². The van der Waals surface area contributed by atoms with E-state index in [2.05, 4.69) is 15.0 Å². The molecule has 1 heterocycles. The van der Waals surface area contributed by atoms with E-state index >= 15 is 0 Å². The maximum Gasteiger partial charge on any atom is 0.221 e. The first-order valence-electron chi connectivity index (χ1n) is 4.94. The van der Waals surface area contributed by atoms with Crippen LogP contribution in [-0.2, 0) is 9.53 Å². The number of nitrogens with two attached hydrogens (primary N) is 1. The van der Waals surface area contributed by atoms with Gasteiger partial charge in [-0.2, -0.15) is 4.37 Å². The Morgan fingerprint density at radius 3 is 3.06 bits per heavy atom. The van der Waals surface area contributed by atoms with E-state index < -0.39 is 0 Å². The smallest absolute Gasteiger partial charge is 0.221 e. The minimum Gasteiger partial charge on any atom is -0.383 e. The molecule has 0 saturated heterocycles.